The lowest BCUT2D eigenvalue weighted by atomic mass is 10.1. The summed E-state index contributed by atoms with van der Waals surface area (Å²) >= 11 is 1.01. The summed E-state index contributed by atoms with van der Waals surface area (Å²) < 4.78 is 5.09. The molecule has 1 aliphatic rings. The van der Waals surface area contributed by atoms with E-state index in [4.69, 9.17) is 10.5 Å². The molecule has 0 unspecified atom stereocenters. The molecule has 0 atom stereocenters. The molecule has 1 saturated heterocycles. The summed E-state index contributed by atoms with van der Waals surface area (Å²) in [4.78, 5) is 41.5. The second-order valence-corrected chi connectivity index (χ2v) is 8.89. The Morgan fingerprint density at radius 3 is 2.38 bits per heavy atom. The number of piperazine rings is 1. The Bertz CT molecular complexity index is 996. The van der Waals surface area contributed by atoms with Crippen molar-refractivity contribution in [2.45, 2.75) is 27.3 Å². The highest BCUT2D eigenvalue weighted by atomic mass is 32.1. The Hall–Kier alpha value is -2.75. The van der Waals surface area contributed by atoms with Crippen LogP contribution in [-0.2, 0) is 16.1 Å². The first-order chi connectivity index (χ1) is 15.3. The zero-order valence-electron chi connectivity index (χ0n) is 18.8. The minimum absolute atomic E-state index is 0.195. The number of carbonyl (C=O) groups is 3. The molecule has 8 nitrogen and oxygen atoms in total. The lowest BCUT2D eigenvalue weighted by molar-refractivity contribution is -0.117. The molecule has 1 aromatic carbocycles. The number of aryl methyl sites for hydroxylation is 1. The summed E-state index contributed by atoms with van der Waals surface area (Å²) in [5, 5.41) is 3.09. The maximum absolute atomic E-state index is 12.7. The van der Waals surface area contributed by atoms with Crippen molar-refractivity contribution < 1.29 is 19.1 Å². The van der Waals surface area contributed by atoms with E-state index in [2.05, 4.69) is 40.2 Å². The summed E-state index contributed by atoms with van der Waals surface area (Å²) in [6.45, 7) is 10.1. The van der Waals surface area contributed by atoms with Gasteiger partial charge in [0, 0.05) is 32.7 Å². The number of hydrogen-bond acceptors (Lipinski definition) is 7. The topological polar surface area (TPSA) is 105 Å². The van der Waals surface area contributed by atoms with Crippen LogP contribution in [0.1, 0.15) is 43.6 Å². The van der Waals surface area contributed by atoms with E-state index in [1.165, 1.54) is 11.1 Å². The highest BCUT2D eigenvalue weighted by Gasteiger charge is 2.26. The Morgan fingerprint density at radius 2 is 1.75 bits per heavy atom. The molecule has 2 heterocycles. The smallest absolute Gasteiger partial charge is 0.341 e. The van der Waals surface area contributed by atoms with Crippen LogP contribution in [0.3, 0.4) is 0 Å². The van der Waals surface area contributed by atoms with Gasteiger partial charge in [-0.1, -0.05) is 24.3 Å². The standard InChI is InChI=1S/C23H30N4O4S/c1-4-31-23(30)19-16(3)20(21(24)29)32-22(19)25-18(28)14-27-11-9-26(10-12-27)13-17-8-6-5-7-15(17)2/h5-8H,4,9-14H2,1-3H3,(H2,24,29)(H,25,28). The molecule has 0 bridgehead atoms. The van der Waals surface area contributed by atoms with Crippen LogP contribution < -0.4 is 11.1 Å². The van der Waals surface area contributed by atoms with Gasteiger partial charge in [-0.05, 0) is 37.5 Å². The first kappa shape index (κ1) is 23.9. The SMILES string of the molecule is CCOC(=O)c1c(NC(=O)CN2CCN(Cc3ccccc3C)CC2)sc(C(N)=O)c1C. The van der Waals surface area contributed by atoms with Gasteiger partial charge in [-0.3, -0.25) is 19.4 Å². The van der Waals surface area contributed by atoms with Gasteiger partial charge in [0.25, 0.3) is 5.91 Å². The van der Waals surface area contributed by atoms with Crippen molar-refractivity contribution in [3.63, 3.8) is 0 Å². The van der Waals surface area contributed by atoms with Crippen molar-refractivity contribution in [1.82, 2.24) is 9.80 Å². The Balaban J connectivity index is 1.58. The maximum Gasteiger partial charge on any atom is 0.341 e. The van der Waals surface area contributed by atoms with E-state index in [-0.39, 0.29) is 29.5 Å². The third-order valence-electron chi connectivity index (χ3n) is 5.59. The van der Waals surface area contributed by atoms with Crippen molar-refractivity contribution >= 4 is 34.1 Å². The van der Waals surface area contributed by atoms with Gasteiger partial charge >= 0.3 is 5.97 Å². The number of ether oxygens (including phenoxy) is 1. The number of nitrogens with one attached hydrogen (secondary N) is 1. The fourth-order valence-electron chi connectivity index (χ4n) is 3.79. The molecule has 0 aliphatic carbocycles. The fraction of sp³-hybridized carbons (Fsp3) is 0.435. The second-order valence-electron chi connectivity index (χ2n) is 7.87. The Labute approximate surface area is 192 Å². The van der Waals surface area contributed by atoms with Crippen LogP contribution in [0.25, 0.3) is 0 Å². The van der Waals surface area contributed by atoms with Gasteiger partial charge in [0.1, 0.15) is 5.00 Å². The highest BCUT2D eigenvalue weighted by molar-refractivity contribution is 7.18. The van der Waals surface area contributed by atoms with Crippen LogP contribution in [0.4, 0.5) is 5.00 Å². The molecule has 2 aromatic rings. The lowest BCUT2D eigenvalue weighted by Gasteiger charge is -2.34. The van der Waals surface area contributed by atoms with Crippen LogP contribution in [-0.4, -0.2) is 66.9 Å². The number of hydrogen-bond donors (Lipinski definition) is 2. The van der Waals surface area contributed by atoms with Crippen molar-refractivity contribution in [3.05, 3.63) is 51.4 Å². The zero-order valence-corrected chi connectivity index (χ0v) is 19.6. The summed E-state index contributed by atoms with van der Waals surface area (Å²) in [5.41, 5.74) is 8.66. The number of nitrogens with two attached hydrogens (primary N) is 1. The van der Waals surface area contributed by atoms with Crippen LogP contribution in [0.5, 0.6) is 0 Å². The zero-order chi connectivity index (χ0) is 23.3. The molecule has 3 N–H and O–H groups in total. The number of esters is 1. The van der Waals surface area contributed by atoms with Gasteiger partial charge in [-0.15, -0.1) is 11.3 Å². The van der Waals surface area contributed by atoms with Crippen molar-refractivity contribution in [2.75, 3.05) is 44.6 Å². The summed E-state index contributed by atoms with van der Waals surface area (Å²) in [6, 6.07) is 8.38. The van der Waals surface area contributed by atoms with Crippen LogP contribution in [0, 0.1) is 13.8 Å². The van der Waals surface area contributed by atoms with Gasteiger partial charge in [-0.25, -0.2) is 4.79 Å². The number of carbonyl (C=O) groups excluding carboxylic acids is 3. The summed E-state index contributed by atoms with van der Waals surface area (Å²) in [6.07, 6.45) is 0. The van der Waals surface area contributed by atoms with Gasteiger partial charge < -0.3 is 15.8 Å². The molecule has 2 amide bonds. The van der Waals surface area contributed by atoms with Crippen LogP contribution in [0.2, 0.25) is 0 Å². The van der Waals surface area contributed by atoms with Crippen molar-refractivity contribution in [2.24, 2.45) is 5.73 Å². The Morgan fingerprint density at radius 1 is 1.09 bits per heavy atom. The summed E-state index contributed by atoms with van der Waals surface area (Å²) in [7, 11) is 0. The van der Waals surface area contributed by atoms with Crippen molar-refractivity contribution in [1.29, 1.82) is 0 Å². The molecule has 0 spiro atoms. The third kappa shape index (κ3) is 5.73. The van der Waals surface area contributed by atoms with Gasteiger partial charge in [-0.2, -0.15) is 0 Å². The van der Waals surface area contributed by atoms with Crippen molar-refractivity contribution in [3.8, 4) is 0 Å². The maximum atomic E-state index is 12.7. The number of benzene rings is 1. The van der Waals surface area contributed by atoms with Gasteiger partial charge in [0.05, 0.1) is 23.6 Å². The van der Waals surface area contributed by atoms with E-state index in [9.17, 15) is 14.4 Å². The number of thiophene rings is 1. The summed E-state index contributed by atoms with van der Waals surface area (Å²) in [5.74, 6) is -1.45. The lowest BCUT2D eigenvalue weighted by Crippen LogP contribution is -2.48. The molecule has 0 radical (unpaired) electrons. The molecule has 1 aromatic heterocycles. The molecule has 3 rings (SSSR count). The van der Waals surface area contributed by atoms with E-state index in [1.54, 1.807) is 13.8 Å². The van der Waals surface area contributed by atoms with Crippen LogP contribution >= 0.6 is 11.3 Å². The molecular weight excluding hydrogens is 428 g/mol. The molecule has 9 heteroatoms. The van der Waals surface area contributed by atoms with E-state index in [0.717, 1.165) is 44.1 Å². The average molecular weight is 459 g/mol. The van der Waals surface area contributed by atoms with Crippen LogP contribution in [0.15, 0.2) is 24.3 Å². The second kappa shape index (κ2) is 10.7. The van der Waals surface area contributed by atoms with E-state index < -0.39 is 11.9 Å². The average Bonchev–Trinajstić information content (AvgIpc) is 3.07. The van der Waals surface area contributed by atoms with E-state index in [1.807, 2.05) is 6.07 Å². The fourth-order valence-corrected chi connectivity index (χ4v) is 4.85. The molecule has 32 heavy (non-hydrogen) atoms. The Kier molecular flexibility index (Phi) is 8.00. The number of primary amides is 1. The molecule has 0 saturated carbocycles. The molecule has 1 aliphatic heterocycles. The van der Waals surface area contributed by atoms with Gasteiger partial charge in [0.15, 0.2) is 0 Å². The first-order valence-corrected chi connectivity index (χ1v) is 11.5. The molecule has 1 fully saturated rings. The molecular formula is C23H30N4O4S. The normalized spacial score (nSPS) is 14.8. The minimum Gasteiger partial charge on any atom is -0.462 e. The van der Waals surface area contributed by atoms with E-state index >= 15 is 0 Å². The number of rotatable bonds is 8. The van der Waals surface area contributed by atoms with E-state index in [0.29, 0.717) is 10.6 Å². The number of anilines is 1. The first-order valence-electron chi connectivity index (χ1n) is 10.7. The third-order valence-corrected chi connectivity index (χ3v) is 6.81. The number of nitrogens with zero attached hydrogens (tertiary/aromatic N) is 2. The predicted octanol–water partition coefficient (Wildman–Crippen LogP) is 2.40. The molecule has 172 valence electrons. The van der Waals surface area contributed by atoms with Gasteiger partial charge in [0.2, 0.25) is 5.91 Å². The number of amides is 2. The largest absolute Gasteiger partial charge is 0.462 e. The highest BCUT2D eigenvalue weighted by Crippen LogP contribution is 2.33. The monoisotopic (exact) mass is 458 g/mol. The minimum atomic E-state index is -0.636. The predicted molar refractivity (Wildman–Crippen MR) is 125 cm³/mol. The quantitative estimate of drug-likeness (QED) is 0.589.